The van der Waals surface area contributed by atoms with E-state index >= 15 is 0 Å². The summed E-state index contributed by atoms with van der Waals surface area (Å²) in [6.45, 7) is 0.664. The number of rotatable bonds is 7. The molecule has 25 heavy (non-hydrogen) atoms. The summed E-state index contributed by atoms with van der Waals surface area (Å²) in [5.74, 6) is -0.0997. The van der Waals surface area contributed by atoms with Gasteiger partial charge in [0.2, 0.25) is 0 Å². The van der Waals surface area contributed by atoms with Crippen LogP contribution in [0.25, 0.3) is 0 Å². The molecule has 0 unspecified atom stereocenters. The molecule has 0 radical (unpaired) electrons. The predicted molar refractivity (Wildman–Crippen MR) is 102 cm³/mol. The van der Waals surface area contributed by atoms with Crippen LogP contribution < -0.4 is 10.6 Å². The van der Waals surface area contributed by atoms with Crippen molar-refractivity contribution in [2.24, 2.45) is 0 Å². The zero-order valence-electron chi connectivity index (χ0n) is 14.7. The fourth-order valence-corrected chi connectivity index (χ4v) is 3.33. The highest BCUT2D eigenvalue weighted by Crippen LogP contribution is 2.21. The third kappa shape index (κ3) is 5.59. The SMILES string of the molecule is O=C(NCCCc1ccccc1)c1ccc(NC2CCCCC2)cn1. The van der Waals surface area contributed by atoms with E-state index in [4.69, 9.17) is 0 Å². The molecular formula is C21H27N3O. The van der Waals surface area contributed by atoms with Gasteiger partial charge in [-0.3, -0.25) is 4.79 Å². The van der Waals surface area contributed by atoms with Crippen LogP contribution in [0.4, 0.5) is 5.69 Å². The molecule has 0 bridgehead atoms. The summed E-state index contributed by atoms with van der Waals surface area (Å²) >= 11 is 0. The van der Waals surface area contributed by atoms with Gasteiger partial charge < -0.3 is 10.6 Å². The molecule has 0 spiro atoms. The van der Waals surface area contributed by atoms with Crippen LogP contribution in [0.3, 0.4) is 0 Å². The summed E-state index contributed by atoms with van der Waals surface area (Å²) in [6, 6.07) is 14.6. The van der Waals surface area contributed by atoms with Crippen molar-refractivity contribution in [3.63, 3.8) is 0 Å². The average molecular weight is 337 g/mol. The summed E-state index contributed by atoms with van der Waals surface area (Å²) in [4.78, 5) is 16.5. The molecule has 4 heteroatoms. The first-order chi connectivity index (χ1) is 12.3. The van der Waals surface area contributed by atoms with Gasteiger partial charge in [-0.25, -0.2) is 4.98 Å². The molecule has 2 aromatic rings. The Morgan fingerprint density at radius 1 is 1.04 bits per heavy atom. The number of benzene rings is 1. The molecule has 0 aliphatic heterocycles. The van der Waals surface area contributed by atoms with Gasteiger partial charge in [-0.2, -0.15) is 0 Å². The Hall–Kier alpha value is -2.36. The number of aromatic nitrogens is 1. The lowest BCUT2D eigenvalue weighted by molar-refractivity contribution is 0.0948. The van der Waals surface area contributed by atoms with Gasteiger partial charge in [0.1, 0.15) is 5.69 Å². The van der Waals surface area contributed by atoms with Crippen molar-refractivity contribution < 1.29 is 4.79 Å². The van der Waals surface area contributed by atoms with Crippen LogP contribution in [0.15, 0.2) is 48.7 Å². The van der Waals surface area contributed by atoms with Gasteiger partial charge in [-0.15, -0.1) is 0 Å². The molecule has 1 aliphatic rings. The second-order valence-electron chi connectivity index (χ2n) is 6.76. The molecule has 132 valence electrons. The Labute approximate surface area is 150 Å². The first kappa shape index (κ1) is 17.5. The maximum atomic E-state index is 12.2. The summed E-state index contributed by atoms with van der Waals surface area (Å²) < 4.78 is 0. The van der Waals surface area contributed by atoms with E-state index in [1.807, 2.05) is 24.3 Å². The lowest BCUT2D eigenvalue weighted by Crippen LogP contribution is -2.26. The molecule has 1 fully saturated rings. The molecule has 3 rings (SSSR count). The number of hydrogen-bond donors (Lipinski definition) is 2. The Kier molecular flexibility index (Phi) is 6.43. The van der Waals surface area contributed by atoms with Crippen LogP contribution in [0.2, 0.25) is 0 Å². The third-order valence-corrected chi connectivity index (χ3v) is 4.74. The van der Waals surface area contributed by atoms with E-state index in [2.05, 4.69) is 27.8 Å². The highest BCUT2D eigenvalue weighted by atomic mass is 16.1. The normalized spacial score (nSPS) is 14.9. The van der Waals surface area contributed by atoms with Crippen LogP contribution in [-0.4, -0.2) is 23.5 Å². The minimum atomic E-state index is -0.0997. The van der Waals surface area contributed by atoms with Crippen LogP contribution in [0.1, 0.15) is 54.6 Å². The lowest BCUT2D eigenvalue weighted by Gasteiger charge is -2.23. The zero-order chi connectivity index (χ0) is 17.3. The molecule has 1 saturated carbocycles. The van der Waals surface area contributed by atoms with Crippen LogP contribution in [-0.2, 0) is 6.42 Å². The number of nitrogens with zero attached hydrogens (tertiary/aromatic N) is 1. The van der Waals surface area contributed by atoms with Crippen molar-refractivity contribution in [3.05, 3.63) is 59.9 Å². The number of aryl methyl sites for hydroxylation is 1. The second kappa shape index (κ2) is 9.21. The monoisotopic (exact) mass is 337 g/mol. The maximum absolute atomic E-state index is 12.2. The smallest absolute Gasteiger partial charge is 0.269 e. The molecule has 1 heterocycles. The van der Waals surface area contributed by atoms with Crippen molar-refractivity contribution in [1.82, 2.24) is 10.3 Å². The van der Waals surface area contributed by atoms with E-state index in [0.717, 1.165) is 18.5 Å². The Morgan fingerprint density at radius 3 is 2.56 bits per heavy atom. The quantitative estimate of drug-likeness (QED) is 0.745. The average Bonchev–Trinajstić information content (AvgIpc) is 2.67. The lowest BCUT2D eigenvalue weighted by atomic mass is 9.95. The summed E-state index contributed by atoms with van der Waals surface area (Å²) in [7, 11) is 0. The Balaban J connectivity index is 1.41. The first-order valence-electron chi connectivity index (χ1n) is 9.36. The molecular weight excluding hydrogens is 310 g/mol. The molecule has 0 atom stereocenters. The van der Waals surface area contributed by atoms with E-state index < -0.39 is 0 Å². The van der Waals surface area contributed by atoms with Gasteiger partial charge in [0, 0.05) is 12.6 Å². The second-order valence-corrected chi connectivity index (χ2v) is 6.76. The molecule has 0 saturated heterocycles. The summed E-state index contributed by atoms with van der Waals surface area (Å²) in [5.41, 5.74) is 2.79. The Morgan fingerprint density at radius 2 is 1.84 bits per heavy atom. The minimum absolute atomic E-state index is 0.0997. The van der Waals surface area contributed by atoms with Gasteiger partial charge in [-0.1, -0.05) is 49.6 Å². The number of carbonyl (C=O) groups excluding carboxylic acids is 1. The zero-order valence-corrected chi connectivity index (χ0v) is 14.7. The van der Waals surface area contributed by atoms with Crippen LogP contribution in [0.5, 0.6) is 0 Å². The van der Waals surface area contributed by atoms with Gasteiger partial charge in [0.25, 0.3) is 5.91 Å². The van der Waals surface area contributed by atoms with Crippen molar-refractivity contribution in [2.75, 3.05) is 11.9 Å². The number of amides is 1. The topological polar surface area (TPSA) is 54.0 Å². The number of anilines is 1. The number of nitrogens with one attached hydrogen (secondary N) is 2. The molecule has 1 amide bonds. The van der Waals surface area contributed by atoms with E-state index in [1.54, 1.807) is 12.3 Å². The van der Waals surface area contributed by atoms with Crippen molar-refractivity contribution >= 4 is 11.6 Å². The molecule has 2 N–H and O–H groups in total. The Bertz CT molecular complexity index is 649. The van der Waals surface area contributed by atoms with Crippen molar-refractivity contribution in [2.45, 2.75) is 51.0 Å². The standard InChI is InChI=1S/C21H27N3O/c25-21(22-15-7-10-17-8-3-1-4-9-17)20-14-13-19(16-23-20)24-18-11-5-2-6-12-18/h1,3-4,8-9,13-14,16,18,24H,2,5-7,10-12,15H2,(H,22,25). The molecule has 1 aromatic heterocycles. The van der Waals surface area contributed by atoms with Gasteiger partial charge in [-0.05, 0) is 43.4 Å². The molecule has 4 nitrogen and oxygen atoms in total. The first-order valence-corrected chi connectivity index (χ1v) is 9.36. The number of hydrogen-bond acceptors (Lipinski definition) is 3. The van der Waals surface area contributed by atoms with Crippen LogP contribution in [0, 0.1) is 0 Å². The highest BCUT2D eigenvalue weighted by Gasteiger charge is 2.13. The number of carbonyl (C=O) groups is 1. The largest absolute Gasteiger partial charge is 0.381 e. The highest BCUT2D eigenvalue weighted by molar-refractivity contribution is 5.92. The fraction of sp³-hybridized carbons (Fsp3) is 0.429. The fourth-order valence-electron chi connectivity index (χ4n) is 3.33. The van der Waals surface area contributed by atoms with Gasteiger partial charge >= 0.3 is 0 Å². The van der Waals surface area contributed by atoms with E-state index in [9.17, 15) is 4.79 Å². The van der Waals surface area contributed by atoms with Gasteiger partial charge in [0.05, 0.1) is 11.9 Å². The van der Waals surface area contributed by atoms with E-state index in [1.165, 1.54) is 37.7 Å². The van der Waals surface area contributed by atoms with Crippen molar-refractivity contribution in [3.8, 4) is 0 Å². The van der Waals surface area contributed by atoms with Crippen molar-refractivity contribution in [1.29, 1.82) is 0 Å². The summed E-state index contributed by atoms with van der Waals surface area (Å²) in [5, 5.41) is 6.47. The van der Waals surface area contributed by atoms with Crippen LogP contribution >= 0.6 is 0 Å². The van der Waals surface area contributed by atoms with E-state index in [-0.39, 0.29) is 5.91 Å². The molecule has 1 aliphatic carbocycles. The van der Waals surface area contributed by atoms with E-state index in [0.29, 0.717) is 18.3 Å². The molecule has 1 aromatic carbocycles. The predicted octanol–water partition coefficient (Wildman–Crippen LogP) is 4.19. The summed E-state index contributed by atoms with van der Waals surface area (Å²) in [6.07, 6.45) is 10.1. The van der Waals surface area contributed by atoms with Gasteiger partial charge in [0.15, 0.2) is 0 Å². The maximum Gasteiger partial charge on any atom is 0.269 e. The minimum Gasteiger partial charge on any atom is -0.381 e. The number of pyridine rings is 1. The third-order valence-electron chi connectivity index (χ3n) is 4.74.